The number of carbonyl (C=O) groups excluding carboxylic acids is 1. The fourth-order valence-electron chi connectivity index (χ4n) is 4.01. The van der Waals surface area contributed by atoms with Crippen molar-refractivity contribution in [3.63, 3.8) is 0 Å². The quantitative estimate of drug-likeness (QED) is 0.684. The molecule has 2 heterocycles. The van der Waals surface area contributed by atoms with Gasteiger partial charge in [0.05, 0.1) is 24.8 Å². The van der Waals surface area contributed by atoms with Crippen LogP contribution >= 0.6 is 0 Å². The monoisotopic (exact) mass is 379 g/mol. The maximum absolute atomic E-state index is 12.3. The van der Waals surface area contributed by atoms with Crippen molar-refractivity contribution in [2.24, 2.45) is 13.0 Å². The molecule has 0 saturated heterocycles. The molecule has 0 spiro atoms. The molecule has 3 aromatic rings. The molecule has 0 aliphatic heterocycles. The van der Waals surface area contributed by atoms with E-state index in [0.717, 1.165) is 29.9 Å². The average Bonchev–Trinajstić information content (AvgIpc) is 3.38. The first kappa shape index (κ1) is 18.4. The van der Waals surface area contributed by atoms with Crippen molar-refractivity contribution in [3.05, 3.63) is 60.7 Å². The van der Waals surface area contributed by atoms with Gasteiger partial charge in [-0.2, -0.15) is 5.10 Å². The summed E-state index contributed by atoms with van der Waals surface area (Å²) in [4.78, 5) is 16.8. The van der Waals surface area contributed by atoms with Gasteiger partial charge >= 0.3 is 0 Å². The first-order valence-corrected chi connectivity index (χ1v) is 9.60. The number of nitrogens with one attached hydrogen (secondary N) is 1. The van der Waals surface area contributed by atoms with Crippen LogP contribution in [-0.4, -0.2) is 42.5 Å². The predicted octanol–water partition coefficient (Wildman–Crippen LogP) is 1.78. The second-order valence-electron chi connectivity index (χ2n) is 7.55. The summed E-state index contributed by atoms with van der Waals surface area (Å²) < 4.78 is 3.81. The number of aryl methyl sites for hydroxylation is 1. The number of hydrogen-bond acceptors (Lipinski definition) is 4. The first-order valence-electron chi connectivity index (χ1n) is 9.60. The standard InChI is InChI=1S/C21H25N5O2/c1-25-13-16(12-23-25)11-20(28)24-18-9-15(10-19(18)27)14-26-8-7-22-21(26)17-5-3-2-4-6-17/h2-8,12-13,15,18-19,27H,9-11,14H2,1H3,(H,24,28)/t15?,18-,19-/m1/s1. The molecule has 1 unspecified atom stereocenters. The number of aromatic nitrogens is 4. The van der Waals surface area contributed by atoms with Gasteiger partial charge in [-0.05, 0) is 24.3 Å². The van der Waals surface area contributed by atoms with E-state index in [2.05, 4.69) is 20.0 Å². The Bertz CT molecular complexity index is 933. The van der Waals surface area contributed by atoms with E-state index in [1.807, 2.05) is 49.8 Å². The largest absolute Gasteiger partial charge is 0.391 e. The third kappa shape index (κ3) is 4.14. The maximum atomic E-state index is 12.3. The van der Waals surface area contributed by atoms with Crippen molar-refractivity contribution in [2.45, 2.75) is 38.0 Å². The summed E-state index contributed by atoms with van der Waals surface area (Å²) in [5, 5.41) is 17.5. The first-order chi connectivity index (χ1) is 13.6. The van der Waals surface area contributed by atoms with Gasteiger partial charge < -0.3 is 15.0 Å². The molecule has 7 heteroatoms. The lowest BCUT2D eigenvalue weighted by molar-refractivity contribution is -0.121. The molecule has 1 aliphatic rings. The van der Waals surface area contributed by atoms with Crippen LogP contribution in [0.2, 0.25) is 0 Å². The fraction of sp³-hybridized carbons (Fsp3) is 0.381. The summed E-state index contributed by atoms with van der Waals surface area (Å²) in [5.41, 5.74) is 1.95. The lowest BCUT2D eigenvalue weighted by atomic mass is 10.1. The van der Waals surface area contributed by atoms with Gasteiger partial charge in [0, 0.05) is 37.7 Å². The summed E-state index contributed by atoms with van der Waals surface area (Å²) >= 11 is 0. The Morgan fingerprint density at radius 3 is 2.86 bits per heavy atom. The molecule has 0 radical (unpaired) electrons. The molecule has 1 saturated carbocycles. The molecular formula is C21H25N5O2. The molecule has 1 aliphatic carbocycles. The third-order valence-electron chi connectivity index (χ3n) is 5.30. The smallest absolute Gasteiger partial charge is 0.224 e. The molecule has 4 rings (SSSR count). The lowest BCUT2D eigenvalue weighted by Gasteiger charge is -2.16. The molecule has 0 bridgehead atoms. The number of hydrogen-bond donors (Lipinski definition) is 2. The van der Waals surface area contributed by atoms with E-state index < -0.39 is 6.10 Å². The van der Waals surface area contributed by atoms with Crippen LogP contribution in [0.1, 0.15) is 18.4 Å². The highest BCUT2D eigenvalue weighted by molar-refractivity contribution is 5.78. The van der Waals surface area contributed by atoms with E-state index in [1.165, 1.54) is 0 Å². The number of nitrogens with zero attached hydrogens (tertiary/aromatic N) is 4. The number of aliphatic hydroxyl groups is 1. The second-order valence-corrected chi connectivity index (χ2v) is 7.55. The fourth-order valence-corrected chi connectivity index (χ4v) is 4.01. The Labute approximate surface area is 164 Å². The van der Waals surface area contributed by atoms with E-state index >= 15 is 0 Å². The third-order valence-corrected chi connectivity index (χ3v) is 5.30. The normalized spacial score (nSPS) is 21.7. The predicted molar refractivity (Wildman–Crippen MR) is 105 cm³/mol. The summed E-state index contributed by atoms with van der Waals surface area (Å²) in [6, 6.07) is 9.87. The molecule has 3 atom stereocenters. The number of carbonyl (C=O) groups is 1. The number of amides is 1. The molecule has 7 nitrogen and oxygen atoms in total. The Balaban J connectivity index is 1.36. The highest BCUT2D eigenvalue weighted by atomic mass is 16.3. The topological polar surface area (TPSA) is 85.0 Å². The molecule has 2 aromatic heterocycles. The van der Waals surface area contributed by atoms with Crippen molar-refractivity contribution in [1.82, 2.24) is 24.6 Å². The highest BCUT2D eigenvalue weighted by Crippen LogP contribution is 2.29. The summed E-state index contributed by atoms with van der Waals surface area (Å²) in [7, 11) is 1.83. The van der Waals surface area contributed by atoms with E-state index in [0.29, 0.717) is 6.42 Å². The van der Waals surface area contributed by atoms with E-state index in [-0.39, 0.29) is 24.3 Å². The Kier molecular flexibility index (Phi) is 5.25. The zero-order valence-electron chi connectivity index (χ0n) is 15.9. The molecule has 2 N–H and O–H groups in total. The molecule has 146 valence electrons. The Morgan fingerprint density at radius 1 is 1.29 bits per heavy atom. The van der Waals surface area contributed by atoms with Gasteiger partial charge in [0.25, 0.3) is 0 Å². The van der Waals surface area contributed by atoms with E-state index in [9.17, 15) is 9.90 Å². The molecular weight excluding hydrogens is 354 g/mol. The minimum Gasteiger partial charge on any atom is -0.391 e. The van der Waals surface area contributed by atoms with Crippen molar-refractivity contribution >= 4 is 5.91 Å². The van der Waals surface area contributed by atoms with Gasteiger partial charge in [0.2, 0.25) is 5.91 Å². The average molecular weight is 379 g/mol. The SMILES string of the molecule is Cn1cc(CC(=O)N[C@@H]2CC(Cn3ccnc3-c3ccccc3)C[C@H]2O)cn1. The van der Waals surface area contributed by atoms with Crippen LogP contribution in [0.4, 0.5) is 0 Å². The van der Waals surface area contributed by atoms with Gasteiger partial charge in [-0.1, -0.05) is 30.3 Å². The molecule has 28 heavy (non-hydrogen) atoms. The number of benzene rings is 1. The van der Waals surface area contributed by atoms with Crippen LogP contribution < -0.4 is 5.32 Å². The number of rotatable bonds is 6. The van der Waals surface area contributed by atoms with Crippen molar-refractivity contribution in [1.29, 1.82) is 0 Å². The van der Waals surface area contributed by atoms with Gasteiger partial charge in [-0.25, -0.2) is 4.98 Å². The van der Waals surface area contributed by atoms with Gasteiger partial charge in [-0.3, -0.25) is 9.48 Å². The van der Waals surface area contributed by atoms with Crippen LogP contribution in [0.5, 0.6) is 0 Å². The van der Waals surface area contributed by atoms with Crippen LogP contribution in [-0.2, 0) is 24.8 Å². The van der Waals surface area contributed by atoms with Crippen LogP contribution in [0.25, 0.3) is 11.4 Å². The zero-order valence-corrected chi connectivity index (χ0v) is 15.9. The summed E-state index contributed by atoms with van der Waals surface area (Å²) in [6.07, 6.45) is 8.49. The minimum absolute atomic E-state index is 0.0784. The van der Waals surface area contributed by atoms with Gasteiger partial charge in [0.1, 0.15) is 5.82 Å². The van der Waals surface area contributed by atoms with Crippen LogP contribution in [0, 0.1) is 5.92 Å². The molecule has 1 aromatic carbocycles. The zero-order chi connectivity index (χ0) is 19.5. The van der Waals surface area contributed by atoms with Gasteiger partial charge in [-0.15, -0.1) is 0 Å². The Hall–Kier alpha value is -2.93. The Morgan fingerprint density at radius 2 is 2.11 bits per heavy atom. The second kappa shape index (κ2) is 7.98. The van der Waals surface area contributed by atoms with Crippen molar-refractivity contribution in [3.8, 4) is 11.4 Å². The molecule has 1 amide bonds. The summed E-state index contributed by atoms with van der Waals surface area (Å²) in [6.45, 7) is 0.774. The van der Waals surface area contributed by atoms with E-state index in [4.69, 9.17) is 0 Å². The minimum atomic E-state index is -0.522. The number of aliphatic hydroxyl groups excluding tert-OH is 1. The van der Waals surface area contributed by atoms with Crippen LogP contribution in [0.3, 0.4) is 0 Å². The van der Waals surface area contributed by atoms with Gasteiger partial charge in [0.15, 0.2) is 0 Å². The maximum Gasteiger partial charge on any atom is 0.224 e. The van der Waals surface area contributed by atoms with Crippen LogP contribution in [0.15, 0.2) is 55.1 Å². The van der Waals surface area contributed by atoms with E-state index in [1.54, 1.807) is 17.1 Å². The highest BCUT2D eigenvalue weighted by Gasteiger charge is 2.34. The van der Waals surface area contributed by atoms with Crippen molar-refractivity contribution < 1.29 is 9.90 Å². The lowest BCUT2D eigenvalue weighted by Crippen LogP contribution is -2.40. The summed E-state index contributed by atoms with van der Waals surface area (Å²) in [5.74, 6) is 1.14. The van der Waals surface area contributed by atoms with Crippen molar-refractivity contribution in [2.75, 3.05) is 0 Å². The number of imidazole rings is 1. The molecule has 1 fully saturated rings.